The number of nitrogens with one attached hydrogen (secondary N) is 1. The van der Waals surface area contributed by atoms with Gasteiger partial charge < -0.3 is 14.8 Å². The van der Waals surface area contributed by atoms with Crippen molar-refractivity contribution in [2.75, 3.05) is 19.7 Å². The molecular formula is C20H19FN2O2. The number of hydrogen-bond donors (Lipinski definition) is 1. The van der Waals surface area contributed by atoms with Gasteiger partial charge in [0.05, 0.1) is 11.6 Å². The smallest absolute Gasteiger partial charge is 0.165 e. The molecule has 2 aromatic rings. The Morgan fingerprint density at radius 3 is 2.72 bits per heavy atom. The minimum absolute atomic E-state index is 0.255. The Bertz CT molecular complexity index is 825. The van der Waals surface area contributed by atoms with Crippen LogP contribution in [0.15, 0.2) is 36.4 Å². The number of benzene rings is 2. The van der Waals surface area contributed by atoms with Gasteiger partial charge in [-0.1, -0.05) is 18.2 Å². The van der Waals surface area contributed by atoms with Crippen LogP contribution in [-0.2, 0) is 0 Å². The van der Waals surface area contributed by atoms with Crippen molar-refractivity contribution in [3.63, 3.8) is 0 Å². The molecule has 0 unspecified atom stereocenters. The Kier molecular flexibility index (Phi) is 4.29. The molecule has 128 valence electrons. The SMILES string of the molecule is N#Cc1ccc([C@@H]2COc3cccc(C4CCNCC4)c3O2)c(F)c1. The minimum atomic E-state index is -0.511. The standard InChI is InChI=1S/C20H19FN2O2/c21-17-10-13(11-22)4-5-16(17)19-12-24-18-3-1-2-15(20(18)25-19)14-6-8-23-9-7-14/h1-5,10,14,19,23H,6-9,12H2/t19-/m0/s1. The van der Waals surface area contributed by atoms with Gasteiger partial charge in [-0.05, 0) is 50.0 Å². The normalized spacial score (nSPS) is 20.1. The van der Waals surface area contributed by atoms with E-state index >= 15 is 0 Å². The fourth-order valence-corrected chi connectivity index (χ4v) is 3.58. The Morgan fingerprint density at radius 2 is 1.96 bits per heavy atom. The molecule has 25 heavy (non-hydrogen) atoms. The van der Waals surface area contributed by atoms with Crippen LogP contribution in [0.1, 0.15) is 41.6 Å². The zero-order chi connectivity index (χ0) is 17.2. The molecule has 0 bridgehead atoms. The van der Waals surface area contributed by atoms with E-state index in [1.807, 2.05) is 18.2 Å². The number of para-hydroxylation sites is 1. The fraction of sp³-hybridized carbons (Fsp3) is 0.350. The van der Waals surface area contributed by atoms with E-state index in [1.165, 1.54) is 6.07 Å². The molecule has 2 aliphatic heterocycles. The van der Waals surface area contributed by atoms with E-state index in [-0.39, 0.29) is 6.61 Å². The second-order valence-electron chi connectivity index (χ2n) is 6.46. The number of nitrogens with zero attached hydrogens (tertiary/aromatic N) is 1. The summed E-state index contributed by atoms with van der Waals surface area (Å²) in [5, 5.41) is 12.3. The topological polar surface area (TPSA) is 54.3 Å². The van der Waals surface area contributed by atoms with Crippen LogP contribution >= 0.6 is 0 Å². The number of ether oxygens (including phenoxy) is 2. The van der Waals surface area contributed by atoms with E-state index in [9.17, 15) is 4.39 Å². The maximum Gasteiger partial charge on any atom is 0.165 e. The number of fused-ring (bicyclic) bond motifs is 1. The van der Waals surface area contributed by atoms with E-state index < -0.39 is 11.9 Å². The van der Waals surface area contributed by atoms with Crippen molar-refractivity contribution in [2.24, 2.45) is 0 Å². The monoisotopic (exact) mass is 338 g/mol. The van der Waals surface area contributed by atoms with Crippen molar-refractivity contribution in [1.82, 2.24) is 5.32 Å². The Morgan fingerprint density at radius 1 is 1.12 bits per heavy atom. The lowest BCUT2D eigenvalue weighted by Crippen LogP contribution is -2.28. The highest BCUT2D eigenvalue weighted by molar-refractivity contribution is 5.50. The molecule has 2 aromatic carbocycles. The summed E-state index contributed by atoms with van der Waals surface area (Å²) < 4.78 is 26.4. The van der Waals surface area contributed by atoms with Gasteiger partial charge in [-0.2, -0.15) is 5.26 Å². The number of piperidine rings is 1. The van der Waals surface area contributed by atoms with E-state index in [1.54, 1.807) is 12.1 Å². The van der Waals surface area contributed by atoms with Crippen LogP contribution in [0.5, 0.6) is 11.5 Å². The Labute approximate surface area is 146 Å². The van der Waals surface area contributed by atoms with Crippen molar-refractivity contribution in [3.8, 4) is 17.6 Å². The molecule has 2 heterocycles. The molecular weight excluding hydrogens is 319 g/mol. The second-order valence-corrected chi connectivity index (χ2v) is 6.46. The molecule has 0 saturated carbocycles. The first-order valence-electron chi connectivity index (χ1n) is 8.59. The van der Waals surface area contributed by atoms with Gasteiger partial charge in [0.15, 0.2) is 17.6 Å². The highest BCUT2D eigenvalue weighted by Gasteiger charge is 2.29. The van der Waals surface area contributed by atoms with Crippen molar-refractivity contribution < 1.29 is 13.9 Å². The molecule has 0 aromatic heterocycles. The number of rotatable bonds is 2. The summed E-state index contributed by atoms with van der Waals surface area (Å²) in [4.78, 5) is 0. The number of hydrogen-bond acceptors (Lipinski definition) is 4. The highest BCUT2D eigenvalue weighted by Crippen LogP contribution is 2.44. The summed E-state index contributed by atoms with van der Waals surface area (Å²) in [7, 11) is 0. The average molecular weight is 338 g/mol. The predicted molar refractivity (Wildman–Crippen MR) is 91.3 cm³/mol. The average Bonchev–Trinajstić information content (AvgIpc) is 2.67. The molecule has 1 N–H and O–H groups in total. The molecule has 1 saturated heterocycles. The van der Waals surface area contributed by atoms with Crippen molar-refractivity contribution >= 4 is 0 Å². The summed E-state index contributed by atoms with van der Waals surface area (Å²) in [6, 6.07) is 12.4. The lowest BCUT2D eigenvalue weighted by atomic mass is 9.89. The summed E-state index contributed by atoms with van der Waals surface area (Å²) >= 11 is 0. The molecule has 0 radical (unpaired) electrons. The van der Waals surface area contributed by atoms with Crippen molar-refractivity contribution in [3.05, 3.63) is 58.9 Å². The molecule has 1 atom stereocenters. The van der Waals surface area contributed by atoms with Gasteiger partial charge in [0.25, 0.3) is 0 Å². The van der Waals surface area contributed by atoms with E-state index in [0.29, 0.717) is 17.0 Å². The van der Waals surface area contributed by atoms with E-state index in [0.717, 1.165) is 43.0 Å². The predicted octanol–water partition coefficient (Wildman–Crippen LogP) is 3.68. The van der Waals surface area contributed by atoms with Gasteiger partial charge in [0.2, 0.25) is 0 Å². The van der Waals surface area contributed by atoms with Gasteiger partial charge in [0.1, 0.15) is 12.4 Å². The van der Waals surface area contributed by atoms with E-state index in [4.69, 9.17) is 14.7 Å². The zero-order valence-electron chi connectivity index (χ0n) is 13.8. The van der Waals surface area contributed by atoms with E-state index in [2.05, 4.69) is 11.4 Å². The van der Waals surface area contributed by atoms with Crippen LogP contribution in [0, 0.1) is 17.1 Å². The summed E-state index contributed by atoms with van der Waals surface area (Å²) in [5.74, 6) is 1.44. The van der Waals surface area contributed by atoms with Crippen molar-refractivity contribution in [2.45, 2.75) is 24.9 Å². The van der Waals surface area contributed by atoms with Gasteiger partial charge in [-0.3, -0.25) is 0 Å². The molecule has 0 spiro atoms. The van der Waals surface area contributed by atoms with Crippen LogP contribution < -0.4 is 14.8 Å². The summed E-state index contributed by atoms with van der Waals surface area (Å²) in [5.41, 5.74) is 1.86. The third-order valence-corrected chi connectivity index (χ3v) is 4.92. The summed E-state index contributed by atoms with van der Waals surface area (Å²) in [6.07, 6.45) is 1.59. The third-order valence-electron chi connectivity index (χ3n) is 4.92. The molecule has 2 aliphatic rings. The van der Waals surface area contributed by atoms with Crippen molar-refractivity contribution in [1.29, 1.82) is 5.26 Å². The molecule has 0 amide bonds. The number of halogens is 1. The van der Waals surface area contributed by atoms with Gasteiger partial charge in [-0.15, -0.1) is 0 Å². The van der Waals surface area contributed by atoms with Crippen LogP contribution in [-0.4, -0.2) is 19.7 Å². The molecule has 1 fully saturated rings. The van der Waals surface area contributed by atoms with Crippen LogP contribution in [0.2, 0.25) is 0 Å². The third kappa shape index (κ3) is 3.06. The quantitative estimate of drug-likeness (QED) is 0.908. The van der Waals surface area contributed by atoms with Crippen LogP contribution in [0.25, 0.3) is 0 Å². The highest BCUT2D eigenvalue weighted by atomic mass is 19.1. The van der Waals surface area contributed by atoms with Gasteiger partial charge >= 0.3 is 0 Å². The van der Waals surface area contributed by atoms with Crippen LogP contribution in [0.4, 0.5) is 4.39 Å². The first-order chi connectivity index (χ1) is 12.3. The lowest BCUT2D eigenvalue weighted by molar-refractivity contribution is 0.0864. The molecule has 4 rings (SSSR count). The fourth-order valence-electron chi connectivity index (χ4n) is 3.58. The molecule has 5 heteroatoms. The molecule has 4 nitrogen and oxygen atoms in total. The number of nitriles is 1. The summed E-state index contributed by atoms with van der Waals surface area (Å²) in [6.45, 7) is 2.23. The van der Waals surface area contributed by atoms with Gasteiger partial charge in [-0.25, -0.2) is 4.39 Å². The van der Waals surface area contributed by atoms with Gasteiger partial charge in [0, 0.05) is 11.1 Å². The maximum absolute atomic E-state index is 14.4. The maximum atomic E-state index is 14.4. The first-order valence-corrected chi connectivity index (χ1v) is 8.59. The van der Waals surface area contributed by atoms with Crippen LogP contribution in [0.3, 0.4) is 0 Å². The minimum Gasteiger partial charge on any atom is -0.485 e. The zero-order valence-corrected chi connectivity index (χ0v) is 13.8. The Balaban J connectivity index is 1.65. The Hall–Kier alpha value is -2.58. The largest absolute Gasteiger partial charge is 0.485 e. The lowest BCUT2D eigenvalue weighted by Gasteiger charge is -2.31. The second kappa shape index (κ2) is 6.73. The first kappa shape index (κ1) is 15.9. The molecule has 0 aliphatic carbocycles.